The maximum absolute atomic E-state index is 11.4. The molecule has 0 aliphatic rings. The summed E-state index contributed by atoms with van der Waals surface area (Å²) >= 11 is 5.73. The van der Waals surface area contributed by atoms with E-state index >= 15 is 0 Å². The number of carbonyl (C=O) groups is 1. The maximum Gasteiger partial charge on any atom is 0.326 e. The van der Waals surface area contributed by atoms with Gasteiger partial charge >= 0.3 is 5.97 Å². The Hall–Kier alpha value is -1.33. The Bertz CT molecular complexity index is 444. The minimum Gasteiger partial charge on any atom is -0.462 e. The Balaban J connectivity index is 2.35. The summed E-state index contributed by atoms with van der Waals surface area (Å²) in [4.78, 5) is 22.8. The average Bonchev–Trinajstić information content (AvgIpc) is 2.33. The van der Waals surface area contributed by atoms with Crippen LogP contribution in [-0.4, -0.2) is 30.4 Å². The summed E-state index contributed by atoms with van der Waals surface area (Å²) in [6.45, 7) is 3.05. The van der Waals surface area contributed by atoms with Gasteiger partial charge in [0.2, 0.25) is 0 Å². The smallest absolute Gasteiger partial charge is 0.326 e. The molecule has 0 N–H and O–H groups in total. The zero-order valence-electron chi connectivity index (χ0n) is 10.2. The minimum absolute atomic E-state index is 0.146. The number of hydrogen-bond donors (Lipinski definition) is 0. The molecule has 0 unspecified atom stereocenters. The van der Waals surface area contributed by atoms with Crippen LogP contribution in [0.5, 0.6) is 0 Å². The summed E-state index contributed by atoms with van der Waals surface area (Å²) in [5, 5.41) is 0.397. The molecule has 0 saturated carbocycles. The van der Waals surface area contributed by atoms with Gasteiger partial charge in [-0.05, 0) is 12.5 Å². The number of rotatable bonds is 7. The van der Waals surface area contributed by atoms with E-state index in [0.717, 1.165) is 6.42 Å². The summed E-state index contributed by atoms with van der Waals surface area (Å²) in [6, 6.07) is 2.78. The first kappa shape index (κ1) is 14.7. The fourth-order valence-corrected chi connectivity index (χ4v) is 1.45. The van der Waals surface area contributed by atoms with Crippen molar-refractivity contribution in [1.29, 1.82) is 0 Å². The molecule has 6 heteroatoms. The normalized spacial score (nSPS) is 10.3. The van der Waals surface area contributed by atoms with E-state index in [1.807, 2.05) is 6.92 Å². The molecule has 1 heterocycles. The molecule has 18 heavy (non-hydrogen) atoms. The van der Waals surface area contributed by atoms with Gasteiger partial charge in [0.15, 0.2) is 0 Å². The highest BCUT2D eigenvalue weighted by molar-refractivity contribution is 6.30. The lowest BCUT2D eigenvalue weighted by Gasteiger charge is -2.07. The Morgan fingerprint density at radius 3 is 2.83 bits per heavy atom. The number of hydrogen-bond acceptors (Lipinski definition) is 4. The first-order valence-corrected chi connectivity index (χ1v) is 6.10. The van der Waals surface area contributed by atoms with Crippen molar-refractivity contribution in [3.8, 4) is 0 Å². The van der Waals surface area contributed by atoms with Crippen molar-refractivity contribution in [3.63, 3.8) is 0 Å². The van der Waals surface area contributed by atoms with Crippen LogP contribution < -0.4 is 5.56 Å². The molecule has 0 radical (unpaired) electrons. The van der Waals surface area contributed by atoms with Gasteiger partial charge in [0, 0.05) is 18.9 Å². The van der Waals surface area contributed by atoms with Crippen molar-refractivity contribution in [2.45, 2.75) is 19.9 Å². The molecule has 5 nitrogen and oxygen atoms in total. The van der Waals surface area contributed by atoms with Crippen molar-refractivity contribution in [3.05, 3.63) is 33.7 Å². The van der Waals surface area contributed by atoms with Gasteiger partial charge in [0.05, 0.1) is 11.6 Å². The van der Waals surface area contributed by atoms with Crippen LogP contribution in [0.25, 0.3) is 0 Å². The van der Waals surface area contributed by atoms with E-state index in [0.29, 0.717) is 18.2 Å². The Morgan fingerprint density at radius 1 is 1.33 bits per heavy atom. The molecule has 0 aromatic carbocycles. The summed E-state index contributed by atoms with van der Waals surface area (Å²) in [5.74, 6) is -0.487. The second-order valence-corrected chi connectivity index (χ2v) is 4.08. The number of nitrogens with zero attached hydrogens (tertiary/aromatic N) is 1. The first-order chi connectivity index (χ1) is 8.63. The predicted octanol–water partition coefficient (Wildman–Crippen LogP) is 1.47. The molecule has 0 aliphatic heterocycles. The topological polar surface area (TPSA) is 57.5 Å². The van der Waals surface area contributed by atoms with Crippen molar-refractivity contribution < 1.29 is 14.3 Å². The lowest BCUT2D eigenvalue weighted by molar-refractivity contribution is -0.146. The first-order valence-electron chi connectivity index (χ1n) is 5.73. The third kappa shape index (κ3) is 5.33. The zero-order valence-corrected chi connectivity index (χ0v) is 11.0. The van der Waals surface area contributed by atoms with Crippen LogP contribution in [0.3, 0.4) is 0 Å². The average molecular weight is 274 g/mol. The van der Waals surface area contributed by atoms with E-state index in [1.165, 1.54) is 22.9 Å². The molecule has 0 aliphatic carbocycles. The molecule has 0 amide bonds. The predicted molar refractivity (Wildman–Crippen MR) is 67.8 cm³/mol. The van der Waals surface area contributed by atoms with Crippen LogP contribution in [0.15, 0.2) is 23.1 Å². The highest BCUT2D eigenvalue weighted by Crippen LogP contribution is 2.03. The Labute approximate surface area is 110 Å². The van der Waals surface area contributed by atoms with Crippen LogP contribution >= 0.6 is 11.6 Å². The van der Waals surface area contributed by atoms with E-state index in [4.69, 9.17) is 21.1 Å². The van der Waals surface area contributed by atoms with Gasteiger partial charge in [-0.2, -0.15) is 0 Å². The number of ether oxygens (including phenoxy) is 2. The molecule has 0 fully saturated rings. The van der Waals surface area contributed by atoms with Crippen molar-refractivity contribution in [2.24, 2.45) is 0 Å². The summed E-state index contributed by atoms with van der Waals surface area (Å²) in [5.41, 5.74) is -0.293. The second kappa shape index (κ2) is 7.89. The van der Waals surface area contributed by atoms with E-state index in [1.54, 1.807) is 0 Å². The van der Waals surface area contributed by atoms with Gasteiger partial charge in [-0.15, -0.1) is 0 Å². The lowest BCUT2D eigenvalue weighted by atomic mass is 10.4. The maximum atomic E-state index is 11.4. The van der Waals surface area contributed by atoms with Crippen LogP contribution in [0.4, 0.5) is 0 Å². The minimum atomic E-state index is -0.487. The molecule has 0 atom stereocenters. The largest absolute Gasteiger partial charge is 0.462 e. The number of aromatic nitrogens is 1. The van der Waals surface area contributed by atoms with E-state index < -0.39 is 5.97 Å². The van der Waals surface area contributed by atoms with Gasteiger partial charge in [-0.3, -0.25) is 9.59 Å². The van der Waals surface area contributed by atoms with E-state index in [2.05, 4.69) is 0 Å². The van der Waals surface area contributed by atoms with Crippen LogP contribution in [0, 0.1) is 0 Å². The van der Waals surface area contributed by atoms with E-state index in [9.17, 15) is 9.59 Å². The summed E-state index contributed by atoms with van der Waals surface area (Å²) in [7, 11) is 0. The standard InChI is InChI=1S/C12H16ClNO4/c1-2-5-17-6-7-18-12(16)9-14-8-10(13)3-4-11(14)15/h3-4,8H,2,5-7,9H2,1H3. The highest BCUT2D eigenvalue weighted by atomic mass is 35.5. The van der Waals surface area contributed by atoms with Crippen molar-refractivity contribution in [1.82, 2.24) is 4.57 Å². The molecule has 0 spiro atoms. The third-order valence-electron chi connectivity index (χ3n) is 2.09. The Morgan fingerprint density at radius 2 is 2.11 bits per heavy atom. The zero-order chi connectivity index (χ0) is 13.4. The second-order valence-electron chi connectivity index (χ2n) is 3.65. The highest BCUT2D eigenvalue weighted by Gasteiger charge is 2.06. The quantitative estimate of drug-likeness (QED) is 0.558. The SMILES string of the molecule is CCCOCCOC(=O)Cn1cc(Cl)ccc1=O. The van der Waals surface area contributed by atoms with Gasteiger partial charge < -0.3 is 14.0 Å². The molecule has 0 saturated heterocycles. The van der Waals surface area contributed by atoms with Gasteiger partial charge in [0.1, 0.15) is 13.2 Å². The van der Waals surface area contributed by atoms with Gasteiger partial charge in [-0.1, -0.05) is 18.5 Å². The molecule has 100 valence electrons. The molecule has 1 aromatic rings. The molecular formula is C12H16ClNO4. The monoisotopic (exact) mass is 273 g/mol. The summed E-state index contributed by atoms with van der Waals surface area (Å²) < 4.78 is 11.3. The molecule has 0 bridgehead atoms. The fraction of sp³-hybridized carbons (Fsp3) is 0.500. The van der Waals surface area contributed by atoms with Crippen molar-refractivity contribution >= 4 is 17.6 Å². The molecule has 1 aromatic heterocycles. The third-order valence-corrected chi connectivity index (χ3v) is 2.31. The Kier molecular flexibility index (Phi) is 6.46. The van der Waals surface area contributed by atoms with E-state index in [-0.39, 0.29) is 18.7 Å². The number of esters is 1. The molecular weight excluding hydrogens is 258 g/mol. The van der Waals surface area contributed by atoms with Crippen LogP contribution in [-0.2, 0) is 20.8 Å². The fourth-order valence-electron chi connectivity index (χ4n) is 1.27. The number of halogens is 1. The lowest BCUT2D eigenvalue weighted by Crippen LogP contribution is -2.24. The number of carbonyl (C=O) groups excluding carboxylic acids is 1. The van der Waals surface area contributed by atoms with Gasteiger partial charge in [-0.25, -0.2) is 0 Å². The van der Waals surface area contributed by atoms with Crippen LogP contribution in [0.2, 0.25) is 5.02 Å². The molecule has 1 rings (SSSR count). The van der Waals surface area contributed by atoms with Gasteiger partial charge in [0.25, 0.3) is 5.56 Å². The van der Waals surface area contributed by atoms with Crippen LogP contribution in [0.1, 0.15) is 13.3 Å². The number of pyridine rings is 1. The summed E-state index contributed by atoms with van der Waals surface area (Å²) in [6.07, 6.45) is 2.32. The van der Waals surface area contributed by atoms with Crippen molar-refractivity contribution in [2.75, 3.05) is 19.8 Å².